The summed E-state index contributed by atoms with van der Waals surface area (Å²) in [5.41, 5.74) is 4.95. The molecule has 0 saturated carbocycles. The van der Waals surface area contributed by atoms with Crippen molar-refractivity contribution in [2.75, 3.05) is 19.1 Å². The largest absolute Gasteiger partial charge is 0.471 e. The lowest BCUT2D eigenvalue weighted by atomic mass is 10.3. The fourth-order valence-corrected chi connectivity index (χ4v) is 1.34. The van der Waals surface area contributed by atoms with E-state index < -0.39 is 19.8 Å². The number of nitrogens with two attached hydrogens (primary N) is 1. The number of halogens is 2. The molecule has 0 bridgehead atoms. The summed E-state index contributed by atoms with van der Waals surface area (Å²) in [6.07, 6.45) is 0. The molecule has 72 valence electrons. The van der Waals surface area contributed by atoms with Crippen LogP contribution in [0.4, 0.5) is 14.5 Å². The van der Waals surface area contributed by atoms with E-state index in [1.165, 1.54) is 0 Å². The highest BCUT2D eigenvalue weighted by molar-refractivity contribution is 7.51. The Morgan fingerprint density at radius 1 is 1.23 bits per heavy atom. The molecule has 0 aliphatic heterocycles. The van der Waals surface area contributed by atoms with Crippen LogP contribution in [0.25, 0.3) is 0 Å². The van der Waals surface area contributed by atoms with Gasteiger partial charge in [0.2, 0.25) is 0 Å². The minimum Gasteiger partial charge on any atom is -0.471 e. The van der Waals surface area contributed by atoms with Gasteiger partial charge in [-0.1, -0.05) is 0 Å². The van der Waals surface area contributed by atoms with E-state index in [0.29, 0.717) is 0 Å². The van der Waals surface area contributed by atoms with Crippen LogP contribution in [0.2, 0.25) is 0 Å². The van der Waals surface area contributed by atoms with Crippen molar-refractivity contribution in [3.8, 4) is 5.75 Å². The molecule has 0 unspecified atom stereocenters. The molecule has 0 fully saturated rings. The summed E-state index contributed by atoms with van der Waals surface area (Å²) in [4.78, 5) is 0. The standard InChI is InChI=1S/C8H10F2NOP/c1-13(2)12-8-4-5(9)7(11)3-6(8)10/h3-4H,11H2,1-2H3. The lowest BCUT2D eigenvalue weighted by molar-refractivity contribution is 0.520. The highest BCUT2D eigenvalue weighted by Crippen LogP contribution is 2.33. The van der Waals surface area contributed by atoms with Crippen molar-refractivity contribution in [3.05, 3.63) is 23.8 Å². The van der Waals surface area contributed by atoms with Gasteiger partial charge in [-0.2, -0.15) is 0 Å². The van der Waals surface area contributed by atoms with Gasteiger partial charge in [-0.25, -0.2) is 8.78 Å². The maximum atomic E-state index is 13.0. The van der Waals surface area contributed by atoms with Gasteiger partial charge in [0.25, 0.3) is 0 Å². The topological polar surface area (TPSA) is 35.2 Å². The second-order valence-corrected chi connectivity index (χ2v) is 4.52. The van der Waals surface area contributed by atoms with Gasteiger partial charge in [-0.15, -0.1) is 0 Å². The molecule has 0 amide bonds. The number of hydrogen-bond acceptors (Lipinski definition) is 2. The van der Waals surface area contributed by atoms with Crippen molar-refractivity contribution in [2.24, 2.45) is 0 Å². The van der Waals surface area contributed by atoms with Gasteiger partial charge in [0.1, 0.15) is 5.82 Å². The van der Waals surface area contributed by atoms with Gasteiger partial charge in [0.05, 0.1) is 13.8 Å². The van der Waals surface area contributed by atoms with Gasteiger partial charge in [-0.3, -0.25) is 0 Å². The van der Waals surface area contributed by atoms with E-state index in [9.17, 15) is 8.78 Å². The van der Waals surface area contributed by atoms with Crippen LogP contribution in [0.1, 0.15) is 0 Å². The van der Waals surface area contributed by atoms with E-state index >= 15 is 0 Å². The van der Waals surface area contributed by atoms with Crippen LogP contribution in [0, 0.1) is 11.6 Å². The summed E-state index contributed by atoms with van der Waals surface area (Å²) in [7, 11) is -0.762. The van der Waals surface area contributed by atoms with Crippen LogP contribution in [0.3, 0.4) is 0 Å². The summed E-state index contributed by atoms with van der Waals surface area (Å²) >= 11 is 0. The molecule has 2 nitrogen and oxygen atoms in total. The first-order valence-electron chi connectivity index (χ1n) is 3.60. The minimum atomic E-state index is -0.762. The molecule has 0 aliphatic rings. The fraction of sp³-hybridized carbons (Fsp3) is 0.250. The zero-order valence-corrected chi connectivity index (χ0v) is 8.24. The summed E-state index contributed by atoms with van der Waals surface area (Å²) in [6, 6.07) is 1.89. The van der Waals surface area contributed by atoms with E-state index in [-0.39, 0.29) is 11.4 Å². The molecular formula is C8H10F2NOP. The Labute approximate surface area is 76.5 Å². The first-order chi connectivity index (χ1) is 6.00. The predicted molar refractivity (Wildman–Crippen MR) is 50.2 cm³/mol. The van der Waals surface area contributed by atoms with Crippen LogP contribution in [-0.4, -0.2) is 13.3 Å². The number of benzene rings is 1. The SMILES string of the molecule is CP(C)Oc1cc(F)c(N)cc1F. The number of hydrogen-bond donors (Lipinski definition) is 1. The lowest BCUT2D eigenvalue weighted by Crippen LogP contribution is -1.95. The van der Waals surface area contributed by atoms with Gasteiger partial charge in [0, 0.05) is 12.1 Å². The molecule has 0 aromatic heterocycles. The van der Waals surface area contributed by atoms with Crippen molar-refractivity contribution in [2.45, 2.75) is 0 Å². The molecule has 2 N–H and O–H groups in total. The zero-order chi connectivity index (χ0) is 10.0. The van der Waals surface area contributed by atoms with E-state index in [4.69, 9.17) is 10.3 Å². The maximum absolute atomic E-state index is 13.0. The highest BCUT2D eigenvalue weighted by atomic mass is 31.1. The smallest absolute Gasteiger partial charge is 0.167 e. The Morgan fingerprint density at radius 2 is 1.85 bits per heavy atom. The summed E-state index contributed by atoms with van der Waals surface area (Å²) in [5.74, 6) is -1.37. The predicted octanol–water partition coefficient (Wildman–Crippen LogP) is 2.58. The zero-order valence-electron chi connectivity index (χ0n) is 7.34. The van der Waals surface area contributed by atoms with E-state index in [2.05, 4.69) is 0 Å². The molecule has 0 radical (unpaired) electrons. The van der Waals surface area contributed by atoms with E-state index in [1.807, 2.05) is 0 Å². The molecule has 0 aliphatic carbocycles. The van der Waals surface area contributed by atoms with Crippen LogP contribution in [0.5, 0.6) is 5.75 Å². The van der Waals surface area contributed by atoms with Crippen molar-refractivity contribution in [1.82, 2.24) is 0 Å². The average Bonchev–Trinajstić information content (AvgIpc) is 1.99. The third kappa shape index (κ3) is 2.52. The lowest BCUT2D eigenvalue weighted by Gasteiger charge is -2.10. The minimum absolute atomic E-state index is 0.0807. The first-order valence-corrected chi connectivity index (χ1v) is 5.76. The summed E-state index contributed by atoms with van der Waals surface area (Å²) < 4.78 is 30.9. The van der Waals surface area contributed by atoms with Gasteiger partial charge >= 0.3 is 0 Å². The third-order valence-corrected chi connectivity index (χ3v) is 1.89. The molecular weight excluding hydrogens is 195 g/mol. The molecule has 0 atom stereocenters. The Morgan fingerprint density at radius 3 is 2.38 bits per heavy atom. The Balaban J connectivity index is 3.01. The second kappa shape index (κ2) is 3.88. The van der Waals surface area contributed by atoms with E-state index in [1.54, 1.807) is 13.3 Å². The Bertz CT molecular complexity index is 317. The average molecular weight is 205 g/mol. The molecule has 13 heavy (non-hydrogen) atoms. The number of anilines is 1. The van der Waals surface area contributed by atoms with Crippen molar-refractivity contribution in [1.29, 1.82) is 0 Å². The molecule has 0 heterocycles. The van der Waals surface area contributed by atoms with Crippen LogP contribution in [-0.2, 0) is 0 Å². The molecule has 5 heteroatoms. The van der Waals surface area contributed by atoms with Crippen molar-refractivity contribution >= 4 is 13.8 Å². The number of nitrogen functional groups attached to an aromatic ring is 1. The van der Waals surface area contributed by atoms with Crippen LogP contribution in [0.15, 0.2) is 12.1 Å². The third-order valence-electron chi connectivity index (χ3n) is 1.33. The molecule has 1 aromatic rings. The van der Waals surface area contributed by atoms with Crippen LogP contribution < -0.4 is 10.3 Å². The maximum Gasteiger partial charge on any atom is 0.167 e. The van der Waals surface area contributed by atoms with Gasteiger partial charge < -0.3 is 10.3 Å². The summed E-state index contributed by atoms with van der Waals surface area (Å²) in [5, 5.41) is 0. The van der Waals surface area contributed by atoms with Gasteiger partial charge in [0.15, 0.2) is 11.6 Å². The molecule has 0 saturated heterocycles. The fourth-order valence-electron chi connectivity index (χ4n) is 0.811. The normalized spacial score (nSPS) is 10.5. The van der Waals surface area contributed by atoms with Gasteiger partial charge in [-0.05, 0) is 13.3 Å². The van der Waals surface area contributed by atoms with E-state index in [0.717, 1.165) is 12.1 Å². The van der Waals surface area contributed by atoms with Crippen molar-refractivity contribution in [3.63, 3.8) is 0 Å². The molecule has 1 aromatic carbocycles. The Hall–Kier alpha value is -0.890. The highest BCUT2D eigenvalue weighted by Gasteiger charge is 2.09. The summed E-state index contributed by atoms with van der Waals surface area (Å²) in [6.45, 7) is 3.59. The van der Waals surface area contributed by atoms with Crippen molar-refractivity contribution < 1.29 is 13.3 Å². The quantitative estimate of drug-likeness (QED) is 0.594. The Kier molecular flexibility index (Phi) is 3.04. The molecule has 1 rings (SSSR count). The first kappa shape index (κ1) is 10.2. The second-order valence-electron chi connectivity index (χ2n) is 2.71. The van der Waals surface area contributed by atoms with Crippen LogP contribution >= 0.6 is 8.15 Å². The number of rotatable bonds is 2. The molecule has 0 spiro atoms. The monoisotopic (exact) mass is 205 g/mol.